The molecule has 20 heavy (non-hydrogen) atoms. The number of aryl methyl sites for hydroxylation is 1. The van der Waals surface area contributed by atoms with E-state index in [0.717, 1.165) is 34.2 Å². The number of nitrogens with zero attached hydrogens (tertiary/aromatic N) is 1. The summed E-state index contributed by atoms with van der Waals surface area (Å²) in [4.78, 5) is 4.49. The summed E-state index contributed by atoms with van der Waals surface area (Å²) in [7, 11) is 1.65. The van der Waals surface area contributed by atoms with Gasteiger partial charge >= 0.3 is 0 Å². The van der Waals surface area contributed by atoms with Gasteiger partial charge in [0.15, 0.2) is 11.5 Å². The molecule has 0 radical (unpaired) electrons. The molecule has 0 fully saturated rings. The predicted molar refractivity (Wildman–Crippen MR) is 83.1 cm³/mol. The SMILES string of the molecule is CCC(Oc1ccc(C)cc1OC)c1nc(CCl)cs1. The van der Waals surface area contributed by atoms with Crippen molar-refractivity contribution < 1.29 is 9.47 Å². The third-order valence-electron chi connectivity index (χ3n) is 2.94. The Morgan fingerprint density at radius 1 is 1.35 bits per heavy atom. The van der Waals surface area contributed by atoms with Crippen LogP contribution in [0.2, 0.25) is 0 Å². The van der Waals surface area contributed by atoms with Crippen molar-refractivity contribution in [3.63, 3.8) is 0 Å². The molecule has 1 unspecified atom stereocenters. The Balaban J connectivity index is 2.21. The minimum atomic E-state index is -0.0754. The topological polar surface area (TPSA) is 31.4 Å². The van der Waals surface area contributed by atoms with E-state index in [1.54, 1.807) is 18.4 Å². The van der Waals surface area contributed by atoms with Crippen molar-refractivity contribution >= 4 is 22.9 Å². The van der Waals surface area contributed by atoms with E-state index in [4.69, 9.17) is 21.1 Å². The third-order valence-corrected chi connectivity index (χ3v) is 4.20. The van der Waals surface area contributed by atoms with Crippen LogP contribution in [0.25, 0.3) is 0 Å². The highest BCUT2D eigenvalue weighted by molar-refractivity contribution is 7.09. The number of benzene rings is 1. The Hall–Kier alpha value is -1.26. The summed E-state index contributed by atoms with van der Waals surface area (Å²) in [6, 6.07) is 5.91. The fourth-order valence-electron chi connectivity index (χ4n) is 1.87. The molecule has 0 saturated heterocycles. The molecule has 1 aromatic heterocycles. The smallest absolute Gasteiger partial charge is 0.162 e. The molecule has 2 aromatic rings. The molecule has 0 aliphatic rings. The summed E-state index contributed by atoms with van der Waals surface area (Å²) in [6.45, 7) is 4.10. The summed E-state index contributed by atoms with van der Waals surface area (Å²) in [5, 5.41) is 2.92. The molecular formula is C15H18ClNO2S. The maximum Gasteiger partial charge on any atom is 0.162 e. The highest BCUT2D eigenvalue weighted by atomic mass is 35.5. The molecule has 108 valence electrons. The molecule has 0 aliphatic heterocycles. The van der Waals surface area contributed by atoms with Gasteiger partial charge in [-0.2, -0.15) is 0 Å². The standard InChI is InChI=1S/C15H18ClNO2S/c1-4-12(15-17-11(8-16)9-20-15)19-13-6-5-10(2)7-14(13)18-3/h5-7,9,12H,4,8H2,1-3H3. The van der Waals surface area contributed by atoms with E-state index in [2.05, 4.69) is 11.9 Å². The predicted octanol–water partition coefficient (Wildman–Crippen LogP) is 4.73. The second-order valence-corrected chi connectivity index (χ2v) is 5.64. The summed E-state index contributed by atoms with van der Waals surface area (Å²) in [5.74, 6) is 1.92. The number of aromatic nitrogens is 1. The lowest BCUT2D eigenvalue weighted by Gasteiger charge is -2.17. The van der Waals surface area contributed by atoms with Crippen molar-refractivity contribution in [3.05, 3.63) is 39.8 Å². The lowest BCUT2D eigenvalue weighted by atomic mass is 10.2. The van der Waals surface area contributed by atoms with Gasteiger partial charge in [0.05, 0.1) is 18.7 Å². The third kappa shape index (κ3) is 3.44. The fourth-order valence-corrected chi connectivity index (χ4v) is 3.02. The van der Waals surface area contributed by atoms with Crippen LogP contribution >= 0.6 is 22.9 Å². The number of alkyl halides is 1. The summed E-state index contributed by atoms with van der Waals surface area (Å²) in [5.41, 5.74) is 2.03. The zero-order valence-corrected chi connectivity index (χ0v) is 13.4. The first-order valence-corrected chi connectivity index (χ1v) is 7.90. The van der Waals surface area contributed by atoms with Crippen molar-refractivity contribution in [2.75, 3.05) is 7.11 Å². The number of rotatable bonds is 6. The monoisotopic (exact) mass is 311 g/mol. The second-order valence-electron chi connectivity index (χ2n) is 4.48. The maximum atomic E-state index is 6.06. The number of hydrogen-bond acceptors (Lipinski definition) is 4. The van der Waals surface area contributed by atoms with Gasteiger partial charge in [0.2, 0.25) is 0 Å². The van der Waals surface area contributed by atoms with Gasteiger partial charge in [-0.25, -0.2) is 4.98 Å². The number of halogens is 1. The van der Waals surface area contributed by atoms with Gasteiger partial charge < -0.3 is 9.47 Å². The lowest BCUT2D eigenvalue weighted by Crippen LogP contribution is -2.07. The minimum absolute atomic E-state index is 0.0754. The van der Waals surface area contributed by atoms with Gasteiger partial charge in [-0.1, -0.05) is 13.0 Å². The molecule has 1 atom stereocenters. The van der Waals surface area contributed by atoms with Crippen LogP contribution in [0.15, 0.2) is 23.6 Å². The average Bonchev–Trinajstić information content (AvgIpc) is 2.94. The van der Waals surface area contributed by atoms with E-state index in [1.165, 1.54) is 0 Å². The fraction of sp³-hybridized carbons (Fsp3) is 0.400. The van der Waals surface area contributed by atoms with E-state index in [-0.39, 0.29) is 6.10 Å². The minimum Gasteiger partial charge on any atom is -0.493 e. The summed E-state index contributed by atoms with van der Waals surface area (Å²) in [6.07, 6.45) is 0.764. The molecule has 3 nitrogen and oxygen atoms in total. The van der Waals surface area contributed by atoms with Crippen LogP contribution in [0, 0.1) is 6.92 Å². The van der Waals surface area contributed by atoms with Crippen LogP contribution in [0.3, 0.4) is 0 Å². The van der Waals surface area contributed by atoms with Crippen molar-refractivity contribution in [1.29, 1.82) is 0 Å². The normalized spacial score (nSPS) is 12.2. The highest BCUT2D eigenvalue weighted by Crippen LogP contribution is 2.34. The van der Waals surface area contributed by atoms with Crippen molar-refractivity contribution in [1.82, 2.24) is 4.98 Å². The zero-order valence-electron chi connectivity index (χ0n) is 11.9. The molecule has 0 bridgehead atoms. The quantitative estimate of drug-likeness (QED) is 0.723. The molecule has 0 amide bonds. The van der Waals surface area contributed by atoms with Crippen LogP contribution in [-0.4, -0.2) is 12.1 Å². The first-order valence-electron chi connectivity index (χ1n) is 6.49. The first-order chi connectivity index (χ1) is 9.67. The second kappa shape index (κ2) is 6.95. The molecular weight excluding hydrogens is 294 g/mol. The molecule has 1 heterocycles. The van der Waals surface area contributed by atoms with Crippen LogP contribution in [0.1, 0.15) is 35.7 Å². The number of hydrogen-bond donors (Lipinski definition) is 0. The van der Waals surface area contributed by atoms with E-state index in [1.807, 2.05) is 30.5 Å². The molecule has 0 aliphatic carbocycles. The van der Waals surface area contributed by atoms with E-state index < -0.39 is 0 Å². The number of ether oxygens (including phenoxy) is 2. The molecule has 0 N–H and O–H groups in total. The van der Waals surface area contributed by atoms with Gasteiger partial charge in [0.25, 0.3) is 0 Å². The van der Waals surface area contributed by atoms with E-state index in [9.17, 15) is 0 Å². The molecule has 5 heteroatoms. The van der Waals surface area contributed by atoms with Gasteiger partial charge in [-0.3, -0.25) is 0 Å². The van der Waals surface area contributed by atoms with Crippen LogP contribution in [0.4, 0.5) is 0 Å². The summed E-state index contributed by atoms with van der Waals surface area (Å²) < 4.78 is 11.4. The van der Waals surface area contributed by atoms with Crippen molar-refractivity contribution in [2.24, 2.45) is 0 Å². The molecule has 2 rings (SSSR count). The van der Waals surface area contributed by atoms with Crippen LogP contribution in [0.5, 0.6) is 11.5 Å². The van der Waals surface area contributed by atoms with Gasteiger partial charge in [-0.05, 0) is 31.0 Å². The molecule has 0 spiro atoms. The lowest BCUT2D eigenvalue weighted by molar-refractivity contribution is 0.192. The van der Waals surface area contributed by atoms with Crippen LogP contribution in [-0.2, 0) is 5.88 Å². The average molecular weight is 312 g/mol. The van der Waals surface area contributed by atoms with E-state index >= 15 is 0 Å². The Morgan fingerprint density at radius 2 is 2.15 bits per heavy atom. The Bertz CT molecular complexity index is 571. The maximum absolute atomic E-state index is 6.06. The van der Waals surface area contributed by atoms with Crippen molar-refractivity contribution in [2.45, 2.75) is 32.3 Å². The van der Waals surface area contributed by atoms with Crippen molar-refractivity contribution in [3.8, 4) is 11.5 Å². The van der Waals surface area contributed by atoms with Crippen LogP contribution < -0.4 is 9.47 Å². The zero-order chi connectivity index (χ0) is 14.5. The highest BCUT2D eigenvalue weighted by Gasteiger charge is 2.17. The first kappa shape index (κ1) is 15.1. The molecule has 0 saturated carbocycles. The number of thiazole rings is 1. The number of methoxy groups -OCH3 is 1. The Morgan fingerprint density at radius 3 is 2.75 bits per heavy atom. The van der Waals surface area contributed by atoms with Gasteiger partial charge in [-0.15, -0.1) is 22.9 Å². The van der Waals surface area contributed by atoms with E-state index in [0.29, 0.717) is 5.88 Å². The Kier molecular flexibility index (Phi) is 5.26. The largest absolute Gasteiger partial charge is 0.493 e. The van der Waals surface area contributed by atoms with Gasteiger partial charge in [0.1, 0.15) is 11.1 Å². The molecule has 1 aromatic carbocycles. The summed E-state index contributed by atoms with van der Waals surface area (Å²) >= 11 is 7.38. The van der Waals surface area contributed by atoms with Gasteiger partial charge in [0, 0.05) is 5.38 Å². The Labute approximate surface area is 128 Å².